The molecule has 0 bridgehead atoms. The molecular weight excluding hydrogens is 544 g/mol. The number of sulfone groups is 1. The molecule has 1 aliphatic carbocycles. The summed E-state index contributed by atoms with van der Waals surface area (Å²) in [5, 5.41) is -0.386. The van der Waals surface area contributed by atoms with Gasteiger partial charge in [0.25, 0.3) is 0 Å². The van der Waals surface area contributed by atoms with Gasteiger partial charge in [0.15, 0.2) is 9.84 Å². The summed E-state index contributed by atoms with van der Waals surface area (Å²) in [4.78, 5) is 9.91. The van der Waals surface area contributed by atoms with Crippen LogP contribution in [-0.2, 0) is 26.5 Å². The Labute approximate surface area is 250 Å². The predicted octanol–water partition coefficient (Wildman–Crippen LogP) is 5.03. The van der Waals surface area contributed by atoms with Gasteiger partial charge in [0.05, 0.1) is 24.4 Å². The molecule has 3 saturated heterocycles. The van der Waals surface area contributed by atoms with Crippen molar-refractivity contribution in [3.05, 3.63) is 78.9 Å². The zero-order chi connectivity index (χ0) is 28.6. The van der Waals surface area contributed by atoms with Crippen molar-refractivity contribution >= 4 is 15.5 Å². The largest absolute Gasteiger partial charge is 0.379 e. The van der Waals surface area contributed by atoms with Gasteiger partial charge in [-0.1, -0.05) is 43.2 Å². The lowest BCUT2D eigenvalue weighted by molar-refractivity contribution is 0.0416. The molecule has 224 valence electrons. The van der Waals surface area contributed by atoms with Crippen LogP contribution in [0.25, 0.3) is 0 Å². The highest BCUT2D eigenvalue weighted by atomic mass is 32.2. The van der Waals surface area contributed by atoms with Crippen molar-refractivity contribution in [2.75, 3.05) is 50.8 Å². The maximum atomic E-state index is 12.7. The summed E-state index contributed by atoms with van der Waals surface area (Å²) in [7, 11) is -3.27. The molecule has 3 aromatic rings. The molecule has 0 N–H and O–H groups in total. The molecular formula is C34H44N4O3S. The number of aromatic nitrogens is 2. The van der Waals surface area contributed by atoms with Crippen LogP contribution in [0, 0.1) is 17.8 Å². The first-order valence-corrected chi connectivity index (χ1v) is 17.5. The lowest BCUT2D eigenvalue weighted by Crippen LogP contribution is -2.54. The SMILES string of the molecule is O=S(=O)(c1ccc(N2CC(CN3CCC(C(Cn4ccnc4)(c4ccccc4)C4CCCC4)CC3)C2)cc1)C1COC1. The van der Waals surface area contributed by atoms with Crippen molar-refractivity contribution in [3.8, 4) is 0 Å². The van der Waals surface area contributed by atoms with Crippen LogP contribution in [0.2, 0.25) is 0 Å². The highest BCUT2D eigenvalue weighted by Crippen LogP contribution is 2.51. The van der Waals surface area contributed by atoms with Gasteiger partial charge in [-0.15, -0.1) is 0 Å². The van der Waals surface area contributed by atoms with E-state index in [4.69, 9.17) is 4.74 Å². The van der Waals surface area contributed by atoms with E-state index in [0.29, 0.717) is 29.9 Å². The molecule has 7 rings (SSSR count). The molecule has 8 heteroatoms. The average molecular weight is 589 g/mol. The zero-order valence-electron chi connectivity index (χ0n) is 24.6. The highest BCUT2D eigenvalue weighted by Gasteiger charge is 2.48. The first kappa shape index (κ1) is 28.1. The van der Waals surface area contributed by atoms with E-state index in [0.717, 1.165) is 37.8 Å². The third kappa shape index (κ3) is 5.31. The molecule has 4 heterocycles. The van der Waals surface area contributed by atoms with E-state index in [1.54, 1.807) is 12.1 Å². The van der Waals surface area contributed by atoms with Gasteiger partial charge in [-0.05, 0) is 80.4 Å². The zero-order valence-corrected chi connectivity index (χ0v) is 25.4. The minimum atomic E-state index is -3.27. The summed E-state index contributed by atoms with van der Waals surface area (Å²) in [6.07, 6.45) is 14.0. The number of piperidine rings is 1. The van der Waals surface area contributed by atoms with E-state index < -0.39 is 9.84 Å². The summed E-state index contributed by atoms with van der Waals surface area (Å²) in [5.41, 5.74) is 2.80. The molecule has 1 aromatic heterocycles. The van der Waals surface area contributed by atoms with Crippen molar-refractivity contribution in [3.63, 3.8) is 0 Å². The molecule has 0 spiro atoms. The topological polar surface area (TPSA) is 67.7 Å². The standard InChI is InChI=1S/C34H44N4O3S/c39-42(40,33-23-41-24-33)32-12-10-31(11-13-32)38-21-27(22-38)20-36-17-14-30(15-18-36)34(29-8-4-5-9-29,25-37-19-16-35-26-37)28-6-2-1-3-7-28/h1-3,6-7,10-13,16,19,26-27,29-30,33H,4-5,8-9,14-15,17-18,20-25H2. The number of nitrogens with zero attached hydrogens (tertiary/aromatic N) is 4. The quantitative estimate of drug-likeness (QED) is 0.331. The molecule has 3 aliphatic heterocycles. The van der Waals surface area contributed by atoms with E-state index in [1.165, 1.54) is 57.2 Å². The van der Waals surface area contributed by atoms with Crippen molar-refractivity contribution in [1.29, 1.82) is 0 Å². The normalized spacial score (nSPS) is 23.0. The van der Waals surface area contributed by atoms with Gasteiger partial charge in [0.2, 0.25) is 0 Å². The first-order chi connectivity index (χ1) is 20.5. The maximum absolute atomic E-state index is 12.7. The van der Waals surface area contributed by atoms with Crippen LogP contribution in [0.4, 0.5) is 5.69 Å². The maximum Gasteiger partial charge on any atom is 0.185 e. The molecule has 7 nitrogen and oxygen atoms in total. The van der Waals surface area contributed by atoms with Gasteiger partial charge in [-0.2, -0.15) is 0 Å². The number of hydrogen-bond acceptors (Lipinski definition) is 6. The Bertz CT molecular complexity index is 1410. The number of imidazole rings is 1. The van der Waals surface area contributed by atoms with Crippen molar-refractivity contribution in [1.82, 2.24) is 14.5 Å². The number of hydrogen-bond donors (Lipinski definition) is 0. The van der Waals surface area contributed by atoms with E-state index in [1.807, 2.05) is 24.7 Å². The fourth-order valence-electron chi connectivity index (χ4n) is 8.35. The van der Waals surface area contributed by atoms with Gasteiger partial charge in [-0.3, -0.25) is 0 Å². The summed E-state index contributed by atoms with van der Waals surface area (Å²) < 4.78 is 32.8. The summed E-state index contributed by atoms with van der Waals surface area (Å²) in [6, 6.07) is 18.9. The Hall–Kier alpha value is -2.68. The first-order valence-electron chi connectivity index (χ1n) is 15.9. The molecule has 1 unspecified atom stereocenters. The van der Waals surface area contributed by atoms with Crippen molar-refractivity contribution in [2.45, 2.75) is 60.6 Å². The monoisotopic (exact) mass is 588 g/mol. The number of rotatable bonds is 10. The van der Waals surface area contributed by atoms with Crippen LogP contribution < -0.4 is 4.90 Å². The molecule has 1 saturated carbocycles. The number of ether oxygens (including phenoxy) is 1. The van der Waals surface area contributed by atoms with Crippen LogP contribution in [0.5, 0.6) is 0 Å². The lowest BCUT2D eigenvalue weighted by atomic mass is 9.59. The Morgan fingerprint density at radius 1 is 0.881 bits per heavy atom. The number of likely N-dealkylation sites (tertiary alicyclic amines) is 1. The molecule has 1 atom stereocenters. The lowest BCUT2D eigenvalue weighted by Gasteiger charge is -2.50. The van der Waals surface area contributed by atoms with Gasteiger partial charge in [0, 0.05) is 55.6 Å². The molecule has 4 aliphatic rings. The van der Waals surface area contributed by atoms with Gasteiger partial charge in [0.1, 0.15) is 5.25 Å². The molecule has 0 radical (unpaired) electrons. The Morgan fingerprint density at radius 2 is 1.57 bits per heavy atom. The minimum Gasteiger partial charge on any atom is -0.379 e. The van der Waals surface area contributed by atoms with Crippen LogP contribution >= 0.6 is 0 Å². The van der Waals surface area contributed by atoms with Crippen LogP contribution in [0.1, 0.15) is 44.1 Å². The second kappa shape index (κ2) is 11.8. The van der Waals surface area contributed by atoms with Crippen LogP contribution in [-0.4, -0.2) is 74.1 Å². The Balaban J connectivity index is 0.980. The minimum absolute atomic E-state index is 0.156. The molecule has 4 fully saturated rings. The third-order valence-corrected chi connectivity index (χ3v) is 12.8. The summed E-state index contributed by atoms with van der Waals surface area (Å²) in [5.74, 6) is 2.06. The van der Waals surface area contributed by atoms with Gasteiger partial charge in [-0.25, -0.2) is 13.4 Å². The smallest absolute Gasteiger partial charge is 0.185 e. The van der Waals surface area contributed by atoms with E-state index in [-0.39, 0.29) is 10.7 Å². The summed E-state index contributed by atoms with van der Waals surface area (Å²) >= 11 is 0. The predicted molar refractivity (Wildman–Crippen MR) is 165 cm³/mol. The Kier molecular flexibility index (Phi) is 7.88. The fourth-order valence-corrected chi connectivity index (χ4v) is 9.80. The number of benzene rings is 2. The van der Waals surface area contributed by atoms with Crippen LogP contribution in [0.3, 0.4) is 0 Å². The van der Waals surface area contributed by atoms with Crippen LogP contribution in [0.15, 0.2) is 78.2 Å². The summed E-state index contributed by atoms with van der Waals surface area (Å²) in [6.45, 7) is 7.23. The second-order valence-electron chi connectivity index (χ2n) is 13.2. The fraction of sp³-hybridized carbons (Fsp3) is 0.559. The van der Waals surface area contributed by atoms with Gasteiger partial charge < -0.3 is 19.1 Å². The van der Waals surface area contributed by atoms with Gasteiger partial charge >= 0.3 is 0 Å². The number of anilines is 1. The molecule has 42 heavy (non-hydrogen) atoms. The van der Waals surface area contributed by atoms with Crippen molar-refractivity contribution in [2.24, 2.45) is 17.8 Å². The molecule has 0 amide bonds. The molecule has 2 aromatic carbocycles. The average Bonchev–Trinajstić information content (AvgIpc) is 3.69. The highest BCUT2D eigenvalue weighted by molar-refractivity contribution is 7.92. The van der Waals surface area contributed by atoms with Crippen molar-refractivity contribution < 1.29 is 13.2 Å². The Morgan fingerprint density at radius 3 is 2.19 bits per heavy atom. The third-order valence-electron chi connectivity index (χ3n) is 10.8. The van der Waals surface area contributed by atoms with E-state index >= 15 is 0 Å². The van der Waals surface area contributed by atoms with E-state index in [2.05, 4.69) is 55.9 Å². The van der Waals surface area contributed by atoms with E-state index in [9.17, 15) is 8.42 Å². The second-order valence-corrected chi connectivity index (χ2v) is 15.4.